The van der Waals surface area contributed by atoms with Gasteiger partial charge in [-0.1, -0.05) is 0 Å². The highest BCUT2D eigenvalue weighted by Gasteiger charge is 2.06. The highest BCUT2D eigenvalue weighted by atomic mass is 19.1. The molecule has 0 aliphatic rings. The Bertz CT molecular complexity index is 704. The number of benzene rings is 2. The van der Waals surface area contributed by atoms with Crippen molar-refractivity contribution in [2.45, 2.75) is 0 Å². The Morgan fingerprint density at radius 3 is 1.70 bits per heavy atom. The third-order valence-corrected chi connectivity index (χ3v) is 3.36. The Balaban J connectivity index is 2.21. The lowest BCUT2D eigenvalue weighted by atomic mass is 10.1. The molecule has 0 amide bonds. The van der Waals surface area contributed by atoms with E-state index < -0.39 is 5.83 Å². The van der Waals surface area contributed by atoms with Gasteiger partial charge in [0.15, 0.2) is 20.4 Å². The van der Waals surface area contributed by atoms with Crippen LogP contribution in [0.15, 0.2) is 42.5 Å². The molecule has 2 aromatic rings. The number of hydrogen-bond donors (Lipinski definition) is 0. The van der Waals surface area contributed by atoms with Gasteiger partial charge in [-0.25, -0.2) is 4.39 Å². The van der Waals surface area contributed by atoms with Gasteiger partial charge in [0.1, 0.15) is 23.1 Å². The van der Waals surface area contributed by atoms with Crippen molar-refractivity contribution >= 4 is 11.9 Å². The summed E-state index contributed by atoms with van der Waals surface area (Å²) in [5.41, 5.74) is 0.995. The average molecular weight is 378 g/mol. The second-order valence-corrected chi connectivity index (χ2v) is 5.41. The van der Waals surface area contributed by atoms with Gasteiger partial charge in [-0.2, -0.15) is 0 Å². The lowest BCUT2D eigenvalue weighted by Crippen LogP contribution is -2.02. The first-order valence-corrected chi connectivity index (χ1v) is 8.14. The van der Waals surface area contributed by atoms with E-state index >= 15 is 0 Å². The molecule has 0 saturated heterocycles. The molecule has 146 valence electrons. The van der Waals surface area contributed by atoms with Gasteiger partial charge in [0, 0.05) is 33.0 Å². The highest BCUT2D eigenvalue weighted by molar-refractivity contribution is 5.77. The monoisotopic (exact) mass is 378 g/mol. The number of rotatable bonds is 11. The van der Waals surface area contributed by atoms with Gasteiger partial charge in [-0.05, 0) is 48.0 Å². The predicted molar refractivity (Wildman–Crippen MR) is 99.4 cm³/mol. The van der Waals surface area contributed by atoms with Gasteiger partial charge in [-0.3, -0.25) is 0 Å². The molecule has 0 heterocycles. The second-order valence-electron chi connectivity index (χ2n) is 5.41. The molecule has 0 aliphatic carbocycles. The Hall–Kier alpha value is -2.61. The SMILES string of the molecule is COCOc1ccc(/C(F)=C/c2cc(OCOC)cc(OCOC)c2)cc1. The summed E-state index contributed by atoms with van der Waals surface area (Å²) < 4.78 is 45.4. The van der Waals surface area contributed by atoms with Crippen molar-refractivity contribution in [1.82, 2.24) is 0 Å². The van der Waals surface area contributed by atoms with Gasteiger partial charge in [0.2, 0.25) is 0 Å². The molecule has 2 rings (SSSR count). The Labute approximate surface area is 158 Å². The molecule has 0 aliphatic heterocycles. The molecule has 0 aromatic heterocycles. The first-order chi connectivity index (χ1) is 13.2. The van der Waals surface area contributed by atoms with Crippen LogP contribution in [0.4, 0.5) is 4.39 Å². The van der Waals surface area contributed by atoms with Gasteiger partial charge in [0.25, 0.3) is 0 Å². The van der Waals surface area contributed by atoms with Crippen LogP contribution in [0.1, 0.15) is 11.1 Å². The fraction of sp³-hybridized carbons (Fsp3) is 0.300. The minimum Gasteiger partial charge on any atom is -0.468 e. The predicted octanol–water partition coefficient (Wildman–Crippen LogP) is 4.10. The smallest absolute Gasteiger partial charge is 0.188 e. The summed E-state index contributed by atoms with van der Waals surface area (Å²) in [6.45, 7) is 0.279. The van der Waals surface area contributed by atoms with Crippen LogP contribution < -0.4 is 14.2 Å². The van der Waals surface area contributed by atoms with Crippen molar-refractivity contribution in [2.24, 2.45) is 0 Å². The fourth-order valence-electron chi connectivity index (χ4n) is 2.16. The topological polar surface area (TPSA) is 55.4 Å². The van der Waals surface area contributed by atoms with Crippen LogP contribution in [-0.2, 0) is 14.2 Å². The summed E-state index contributed by atoms with van der Waals surface area (Å²) in [5, 5.41) is 0. The molecule has 2 aromatic carbocycles. The van der Waals surface area contributed by atoms with Crippen LogP contribution in [0.3, 0.4) is 0 Å². The van der Waals surface area contributed by atoms with Crippen LogP contribution >= 0.6 is 0 Å². The second kappa shape index (κ2) is 11.2. The fourth-order valence-corrected chi connectivity index (χ4v) is 2.16. The maximum Gasteiger partial charge on any atom is 0.188 e. The molecule has 27 heavy (non-hydrogen) atoms. The number of methoxy groups -OCH3 is 3. The van der Waals surface area contributed by atoms with E-state index in [4.69, 9.17) is 28.4 Å². The molecule has 0 atom stereocenters. The van der Waals surface area contributed by atoms with Gasteiger partial charge >= 0.3 is 0 Å². The highest BCUT2D eigenvalue weighted by Crippen LogP contribution is 2.28. The molecular formula is C20H23FO6. The third-order valence-electron chi connectivity index (χ3n) is 3.36. The lowest BCUT2D eigenvalue weighted by Gasteiger charge is -2.10. The molecule has 0 bridgehead atoms. The summed E-state index contributed by atoms with van der Waals surface area (Å²) >= 11 is 0. The van der Waals surface area contributed by atoms with Crippen LogP contribution in [-0.4, -0.2) is 41.7 Å². The molecule has 0 unspecified atom stereocenters. The minimum atomic E-state index is -0.408. The van der Waals surface area contributed by atoms with E-state index in [0.717, 1.165) is 0 Å². The maximum absolute atomic E-state index is 14.6. The Kier molecular flexibility index (Phi) is 8.57. The molecule has 6 nitrogen and oxygen atoms in total. The van der Waals surface area contributed by atoms with Crippen molar-refractivity contribution < 1.29 is 32.8 Å². The largest absolute Gasteiger partial charge is 0.468 e. The average Bonchev–Trinajstić information content (AvgIpc) is 2.69. The van der Waals surface area contributed by atoms with Crippen LogP contribution in [0.25, 0.3) is 11.9 Å². The zero-order chi connectivity index (χ0) is 19.5. The van der Waals surface area contributed by atoms with Crippen molar-refractivity contribution in [3.8, 4) is 17.2 Å². The van der Waals surface area contributed by atoms with E-state index in [1.54, 1.807) is 42.5 Å². The summed E-state index contributed by atoms with van der Waals surface area (Å²) in [6, 6.07) is 11.7. The van der Waals surface area contributed by atoms with Crippen LogP contribution in [0, 0.1) is 0 Å². The van der Waals surface area contributed by atoms with E-state index in [-0.39, 0.29) is 20.4 Å². The zero-order valence-electron chi connectivity index (χ0n) is 15.6. The number of halogens is 1. The quantitative estimate of drug-likeness (QED) is 0.433. The zero-order valence-corrected chi connectivity index (χ0v) is 15.6. The molecular weight excluding hydrogens is 355 g/mol. The molecule has 7 heteroatoms. The Morgan fingerprint density at radius 1 is 0.741 bits per heavy atom. The molecule has 0 N–H and O–H groups in total. The van der Waals surface area contributed by atoms with E-state index in [1.165, 1.54) is 27.4 Å². The summed E-state index contributed by atoms with van der Waals surface area (Å²) in [7, 11) is 4.57. The third kappa shape index (κ3) is 6.90. The minimum absolute atomic E-state index is 0.0717. The Morgan fingerprint density at radius 2 is 1.22 bits per heavy atom. The van der Waals surface area contributed by atoms with Crippen LogP contribution in [0.5, 0.6) is 17.2 Å². The van der Waals surface area contributed by atoms with Crippen LogP contribution in [0.2, 0.25) is 0 Å². The van der Waals surface area contributed by atoms with Crippen molar-refractivity contribution in [2.75, 3.05) is 41.7 Å². The first kappa shape index (κ1) is 20.7. The van der Waals surface area contributed by atoms with E-state index in [2.05, 4.69) is 0 Å². The molecule has 0 spiro atoms. The summed E-state index contributed by atoms with van der Waals surface area (Å²) in [5.74, 6) is 1.18. The van der Waals surface area contributed by atoms with Crippen molar-refractivity contribution in [3.63, 3.8) is 0 Å². The number of ether oxygens (including phenoxy) is 6. The van der Waals surface area contributed by atoms with Crippen molar-refractivity contribution in [1.29, 1.82) is 0 Å². The normalized spacial score (nSPS) is 11.3. The summed E-state index contributed by atoms with van der Waals surface area (Å²) in [6.07, 6.45) is 1.39. The van der Waals surface area contributed by atoms with Gasteiger partial charge in [-0.15, -0.1) is 0 Å². The van der Waals surface area contributed by atoms with E-state index in [0.29, 0.717) is 28.4 Å². The molecule has 0 radical (unpaired) electrons. The standard InChI is InChI=1S/C20H23FO6/c1-22-12-25-17-6-4-16(5-7-17)20(21)10-15-8-18(26-13-23-2)11-19(9-15)27-14-24-3/h4-11H,12-14H2,1-3H3/b20-10-. The molecule has 0 fully saturated rings. The van der Waals surface area contributed by atoms with Gasteiger partial charge < -0.3 is 28.4 Å². The van der Waals surface area contributed by atoms with E-state index in [1.807, 2.05) is 0 Å². The van der Waals surface area contributed by atoms with Gasteiger partial charge in [0.05, 0.1) is 0 Å². The summed E-state index contributed by atoms with van der Waals surface area (Å²) in [4.78, 5) is 0. The number of hydrogen-bond acceptors (Lipinski definition) is 6. The first-order valence-electron chi connectivity index (χ1n) is 8.14. The van der Waals surface area contributed by atoms with E-state index in [9.17, 15) is 4.39 Å². The van der Waals surface area contributed by atoms with Crippen molar-refractivity contribution in [3.05, 3.63) is 53.6 Å². The maximum atomic E-state index is 14.6. The lowest BCUT2D eigenvalue weighted by molar-refractivity contribution is 0.0460. The molecule has 0 saturated carbocycles.